The predicted molar refractivity (Wildman–Crippen MR) is 271 cm³/mol. The molecule has 2 saturated carbocycles. The Morgan fingerprint density at radius 3 is 1.57 bits per heavy atom. The van der Waals surface area contributed by atoms with Gasteiger partial charge in [-0.3, -0.25) is 0 Å². The molecule has 2 fully saturated rings. The average Bonchev–Trinajstić information content (AvgIpc) is 3.76. The summed E-state index contributed by atoms with van der Waals surface area (Å²) < 4.78 is 0. The Hall–Kier alpha value is -6.44. The minimum Gasteiger partial charge on any atom is -0.310 e. The second kappa shape index (κ2) is 14.3. The van der Waals surface area contributed by atoms with Crippen LogP contribution in [0.25, 0.3) is 33.4 Å². The van der Waals surface area contributed by atoms with Crippen LogP contribution in [0.15, 0.2) is 188 Å². The Morgan fingerprint density at radius 2 is 0.908 bits per heavy atom. The van der Waals surface area contributed by atoms with Crippen LogP contribution in [0.5, 0.6) is 0 Å². The SMILES string of the molecule is CC[C@H]1C[C@@H]2C[C@@H](C)C[C@@H](C1)C21c2ccccc2C2(c3ccccc3-c3ccccc32)c2ccc(N(c3cccc(-c4ccccc4)c3)c3ccc4c(c3)C(C)(C)c3ccccc3-4)cc21. The lowest BCUT2D eigenvalue weighted by Gasteiger charge is -2.62. The van der Waals surface area contributed by atoms with Gasteiger partial charge in [0.15, 0.2) is 0 Å². The summed E-state index contributed by atoms with van der Waals surface area (Å²) in [5.41, 5.74) is 22.7. The molecule has 8 aromatic carbocycles. The van der Waals surface area contributed by atoms with Crippen LogP contribution in [0.4, 0.5) is 17.1 Å². The maximum Gasteiger partial charge on any atom is 0.0719 e. The molecule has 0 aliphatic heterocycles. The van der Waals surface area contributed by atoms with E-state index in [0.717, 1.165) is 5.92 Å². The fraction of sp³-hybridized carbons (Fsp3) is 0.250. The Balaban J connectivity index is 1.11. The van der Waals surface area contributed by atoms with Gasteiger partial charge in [-0.05, 0) is 164 Å². The van der Waals surface area contributed by atoms with Gasteiger partial charge in [-0.1, -0.05) is 186 Å². The topological polar surface area (TPSA) is 3.24 Å². The van der Waals surface area contributed by atoms with Crippen molar-refractivity contribution in [2.45, 2.75) is 76.0 Å². The van der Waals surface area contributed by atoms with Crippen molar-refractivity contribution < 1.29 is 0 Å². The van der Waals surface area contributed by atoms with Crippen molar-refractivity contribution in [3.05, 3.63) is 233 Å². The zero-order valence-electron chi connectivity index (χ0n) is 38.2. The maximum absolute atomic E-state index is 2.72. The second-order valence-electron chi connectivity index (χ2n) is 20.9. The molecule has 2 bridgehead atoms. The van der Waals surface area contributed by atoms with Crippen molar-refractivity contribution in [3.8, 4) is 33.4 Å². The summed E-state index contributed by atoms with van der Waals surface area (Å²) in [5.74, 6) is 2.60. The fourth-order valence-corrected chi connectivity index (χ4v) is 14.8. The molecule has 0 radical (unpaired) electrons. The average molecular weight is 840 g/mol. The summed E-state index contributed by atoms with van der Waals surface area (Å²) >= 11 is 0. The number of hydrogen-bond acceptors (Lipinski definition) is 1. The van der Waals surface area contributed by atoms with E-state index in [9.17, 15) is 0 Å². The van der Waals surface area contributed by atoms with Crippen LogP contribution in [0.1, 0.15) is 104 Å². The van der Waals surface area contributed by atoms with Gasteiger partial charge in [-0.25, -0.2) is 0 Å². The van der Waals surface area contributed by atoms with Gasteiger partial charge in [0.1, 0.15) is 0 Å². The quantitative estimate of drug-likeness (QED) is 0.167. The number of anilines is 3. The molecule has 1 heteroatoms. The molecule has 2 spiro atoms. The van der Waals surface area contributed by atoms with E-state index in [1.54, 1.807) is 11.1 Å². The van der Waals surface area contributed by atoms with Gasteiger partial charge in [-0.2, -0.15) is 0 Å². The van der Waals surface area contributed by atoms with E-state index in [1.165, 1.54) is 116 Å². The molecule has 318 valence electrons. The Labute approximate surface area is 385 Å². The minimum absolute atomic E-state index is 0.100. The number of rotatable bonds is 5. The molecular formula is C64H57N. The third-order valence-electron chi connectivity index (χ3n) is 17.4. The van der Waals surface area contributed by atoms with Crippen molar-refractivity contribution in [2.75, 3.05) is 4.90 Å². The van der Waals surface area contributed by atoms with Crippen molar-refractivity contribution in [1.29, 1.82) is 0 Å². The van der Waals surface area contributed by atoms with Crippen LogP contribution in [-0.2, 0) is 16.2 Å². The molecule has 1 nitrogen and oxygen atoms in total. The highest BCUT2D eigenvalue weighted by Gasteiger charge is 2.62. The van der Waals surface area contributed by atoms with Gasteiger partial charge in [0.2, 0.25) is 0 Å². The van der Waals surface area contributed by atoms with Crippen LogP contribution in [0.2, 0.25) is 0 Å². The summed E-state index contributed by atoms with van der Waals surface area (Å²) in [7, 11) is 0. The van der Waals surface area contributed by atoms with Crippen molar-refractivity contribution >= 4 is 17.1 Å². The van der Waals surface area contributed by atoms with E-state index >= 15 is 0 Å². The van der Waals surface area contributed by atoms with Crippen LogP contribution in [0.3, 0.4) is 0 Å². The highest BCUT2D eigenvalue weighted by molar-refractivity contribution is 5.91. The molecular weight excluding hydrogens is 783 g/mol. The maximum atomic E-state index is 2.72. The van der Waals surface area contributed by atoms with Crippen molar-refractivity contribution in [1.82, 2.24) is 0 Å². The first-order valence-electron chi connectivity index (χ1n) is 24.5. The van der Waals surface area contributed by atoms with Crippen molar-refractivity contribution in [3.63, 3.8) is 0 Å². The van der Waals surface area contributed by atoms with E-state index in [2.05, 4.69) is 221 Å². The van der Waals surface area contributed by atoms with Crippen LogP contribution >= 0.6 is 0 Å². The lowest BCUT2D eigenvalue weighted by molar-refractivity contribution is 0.0180. The lowest BCUT2D eigenvalue weighted by atomic mass is 9.41. The summed E-state index contributed by atoms with van der Waals surface area (Å²) in [6, 6.07) is 72.9. The molecule has 0 saturated heterocycles. The van der Waals surface area contributed by atoms with Gasteiger partial charge >= 0.3 is 0 Å². The van der Waals surface area contributed by atoms with E-state index in [4.69, 9.17) is 0 Å². The molecule has 0 heterocycles. The first-order chi connectivity index (χ1) is 31.8. The largest absolute Gasteiger partial charge is 0.310 e. The summed E-state index contributed by atoms with van der Waals surface area (Å²) in [6.07, 6.45) is 6.39. The number of hydrogen-bond donors (Lipinski definition) is 0. The molecule has 65 heavy (non-hydrogen) atoms. The highest BCUT2D eigenvalue weighted by atomic mass is 15.1. The predicted octanol–water partition coefficient (Wildman–Crippen LogP) is 16.6. The molecule has 0 aromatic heterocycles. The fourth-order valence-electron chi connectivity index (χ4n) is 14.8. The Morgan fingerprint density at radius 1 is 0.415 bits per heavy atom. The molecule has 0 N–H and O–H groups in total. The van der Waals surface area contributed by atoms with Gasteiger partial charge < -0.3 is 4.90 Å². The monoisotopic (exact) mass is 839 g/mol. The molecule has 5 aliphatic rings. The van der Waals surface area contributed by atoms with Crippen LogP contribution in [-0.4, -0.2) is 0 Å². The van der Waals surface area contributed by atoms with E-state index in [0.29, 0.717) is 17.8 Å². The molecule has 0 amide bonds. The zero-order valence-corrected chi connectivity index (χ0v) is 38.2. The van der Waals surface area contributed by atoms with Gasteiger partial charge in [-0.15, -0.1) is 0 Å². The zero-order chi connectivity index (χ0) is 43.7. The van der Waals surface area contributed by atoms with Crippen molar-refractivity contribution in [2.24, 2.45) is 23.7 Å². The summed E-state index contributed by atoms with van der Waals surface area (Å²) in [5, 5.41) is 0. The molecule has 13 rings (SSSR count). The third-order valence-corrected chi connectivity index (χ3v) is 17.4. The van der Waals surface area contributed by atoms with Gasteiger partial charge in [0, 0.05) is 27.9 Å². The van der Waals surface area contributed by atoms with Crippen LogP contribution in [0, 0.1) is 23.7 Å². The first kappa shape index (κ1) is 39.0. The summed E-state index contributed by atoms with van der Waals surface area (Å²) in [4.78, 5) is 2.60. The van der Waals surface area contributed by atoms with E-state index in [-0.39, 0.29) is 10.8 Å². The summed E-state index contributed by atoms with van der Waals surface area (Å²) in [6.45, 7) is 9.81. The second-order valence-corrected chi connectivity index (χ2v) is 20.9. The Kier molecular flexibility index (Phi) is 8.56. The number of fused-ring (bicyclic) bond motifs is 12. The van der Waals surface area contributed by atoms with Crippen LogP contribution < -0.4 is 4.90 Å². The molecule has 0 unspecified atom stereocenters. The minimum atomic E-state index is -0.425. The smallest absolute Gasteiger partial charge is 0.0719 e. The standard InChI is InChI=1S/C64H57N/c1-5-42-36-45-34-41(2)35-46(37-42)63(45)57-28-15-16-29-58(57)64(55-26-13-10-23-51(55)52-24-11-14-27-56(52)64)59-33-31-49(40-61(59)63)65(47-21-17-20-44(38-47)43-18-7-6-8-19-43)48-30-32-53-50-22-9-12-25-54(50)62(3,4)60(53)39-48/h6-33,38-42,45-46H,5,34-37H2,1-4H3/t41-,42+,45-,46-,63?/m0/s1. The molecule has 8 aromatic rings. The van der Waals surface area contributed by atoms with E-state index < -0.39 is 5.41 Å². The highest BCUT2D eigenvalue weighted by Crippen LogP contribution is 2.70. The third kappa shape index (κ3) is 5.27. The van der Waals surface area contributed by atoms with E-state index in [1.807, 2.05) is 0 Å². The van der Waals surface area contributed by atoms with Gasteiger partial charge in [0.05, 0.1) is 5.41 Å². The number of nitrogens with zero attached hydrogens (tertiary/aromatic N) is 1. The lowest BCUT2D eigenvalue weighted by Crippen LogP contribution is -2.56. The molecule has 5 aliphatic carbocycles. The normalized spacial score (nSPS) is 23.2. The Bertz CT molecular complexity index is 3120. The van der Waals surface area contributed by atoms with Gasteiger partial charge in [0.25, 0.3) is 0 Å². The molecule has 2 atom stereocenters. The number of benzene rings is 8. The first-order valence-corrected chi connectivity index (χ1v) is 24.5.